The molecule has 0 aliphatic carbocycles. The zero-order chi connectivity index (χ0) is 12.4. The van der Waals surface area contributed by atoms with Gasteiger partial charge in [0.25, 0.3) is 5.88 Å². The summed E-state index contributed by atoms with van der Waals surface area (Å²) in [5.74, 6) is 0.405. The molecule has 1 aromatic rings. The van der Waals surface area contributed by atoms with Crippen LogP contribution in [0.15, 0.2) is 6.07 Å². The molecule has 5 heteroatoms. The van der Waals surface area contributed by atoms with Crippen molar-refractivity contribution in [2.24, 2.45) is 0 Å². The third-order valence-electron chi connectivity index (χ3n) is 3.30. The molecule has 2 heterocycles. The number of rotatable bonds is 3. The molecule has 94 valence electrons. The molecule has 0 amide bonds. The smallest absolute Gasteiger partial charge is 0.256 e. The van der Waals surface area contributed by atoms with Crippen molar-refractivity contribution >= 4 is 5.69 Å². The van der Waals surface area contributed by atoms with Gasteiger partial charge in [-0.05, 0) is 39.3 Å². The summed E-state index contributed by atoms with van der Waals surface area (Å²) in [6.07, 6.45) is 2.33. The molecule has 0 saturated carbocycles. The maximum atomic E-state index is 5.88. The molecule has 1 atom stereocenters. The molecule has 1 aliphatic rings. The van der Waals surface area contributed by atoms with E-state index in [1.807, 2.05) is 6.07 Å². The second-order valence-corrected chi connectivity index (χ2v) is 4.72. The van der Waals surface area contributed by atoms with E-state index in [9.17, 15) is 0 Å². The zero-order valence-corrected chi connectivity index (χ0v) is 10.7. The van der Waals surface area contributed by atoms with Crippen molar-refractivity contribution in [1.29, 1.82) is 0 Å². The molecule has 0 aromatic carbocycles. The van der Waals surface area contributed by atoms with Gasteiger partial charge in [0.05, 0.1) is 24.5 Å². The van der Waals surface area contributed by atoms with Gasteiger partial charge < -0.3 is 10.5 Å². The molecule has 0 spiro atoms. The highest BCUT2D eigenvalue weighted by Gasteiger charge is 2.29. The van der Waals surface area contributed by atoms with Crippen LogP contribution in [0, 0.1) is 0 Å². The Labute approximate surface area is 102 Å². The normalized spacial score (nSPS) is 21.1. The van der Waals surface area contributed by atoms with E-state index in [2.05, 4.69) is 28.9 Å². The molecule has 1 fully saturated rings. The SMILES string of the molecule is COc1nnc(C2CCCN2C(C)C)cc1N. The second-order valence-electron chi connectivity index (χ2n) is 4.72. The number of anilines is 1. The first kappa shape index (κ1) is 12.1. The number of nitrogens with zero attached hydrogens (tertiary/aromatic N) is 3. The van der Waals surface area contributed by atoms with Gasteiger partial charge in [0.1, 0.15) is 0 Å². The largest absolute Gasteiger partial charge is 0.478 e. The zero-order valence-electron chi connectivity index (χ0n) is 10.7. The fraction of sp³-hybridized carbons (Fsp3) is 0.667. The summed E-state index contributed by atoms with van der Waals surface area (Å²) < 4.78 is 5.02. The van der Waals surface area contributed by atoms with Gasteiger partial charge in [-0.2, -0.15) is 5.10 Å². The Kier molecular flexibility index (Phi) is 3.47. The summed E-state index contributed by atoms with van der Waals surface area (Å²) in [5.41, 5.74) is 7.39. The Morgan fingerprint density at radius 1 is 1.47 bits per heavy atom. The van der Waals surface area contributed by atoms with Crippen molar-refractivity contribution in [2.45, 2.75) is 38.8 Å². The average Bonchev–Trinajstić information content (AvgIpc) is 2.77. The fourth-order valence-electron chi connectivity index (χ4n) is 2.46. The Hall–Kier alpha value is -1.36. The van der Waals surface area contributed by atoms with Gasteiger partial charge in [-0.25, -0.2) is 0 Å². The number of nitrogens with two attached hydrogens (primary N) is 1. The van der Waals surface area contributed by atoms with E-state index >= 15 is 0 Å². The molecule has 0 radical (unpaired) electrons. The lowest BCUT2D eigenvalue weighted by Crippen LogP contribution is -2.30. The first-order chi connectivity index (χ1) is 8.13. The van der Waals surface area contributed by atoms with E-state index in [-0.39, 0.29) is 0 Å². The highest BCUT2D eigenvalue weighted by molar-refractivity contribution is 5.48. The first-order valence-corrected chi connectivity index (χ1v) is 6.06. The Balaban J connectivity index is 2.24. The van der Waals surface area contributed by atoms with Crippen LogP contribution >= 0.6 is 0 Å². The molecule has 0 bridgehead atoms. The second kappa shape index (κ2) is 4.87. The lowest BCUT2D eigenvalue weighted by Gasteiger charge is -2.27. The number of hydrogen-bond acceptors (Lipinski definition) is 5. The highest BCUT2D eigenvalue weighted by Crippen LogP contribution is 2.33. The minimum atomic E-state index is 0.343. The van der Waals surface area contributed by atoms with Crippen molar-refractivity contribution in [3.63, 3.8) is 0 Å². The van der Waals surface area contributed by atoms with Crippen molar-refractivity contribution in [3.05, 3.63) is 11.8 Å². The molecule has 17 heavy (non-hydrogen) atoms. The quantitative estimate of drug-likeness (QED) is 0.863. The lowest BCUT2D eigenvalue weighted by atomic mass is 10.1. The van der Waals surface area contributed by atoms with Crippen LogP contribution in [0.4, 0.5) is 5.69 Å². The Morgan fingerprint density at radius 3 is 2.82 bits per heavy atom. The van der Waals surface area contributed by atoms with Gasteiger partial charge in [-0.1, -0.05) is 0 Å². The summed E-state index contributed by atoms with van der Waals surface area (Å²) in [6, 6.07) is 2.75. The molecule has 1 saturated heterocycles. The Bertz CT molecular complexity index is 394. The van der Waals surface area contributed by atoms with Crippen LogP contribution in [0.1, 0.15) is 38.4 Å². The van der Waals surface area contributed by atoms with E-state index in [0.717, 1.165) is 18.7 Å². The van der Waals surface area contributed by atoms with Crippen molar-refractivity contribution in [3.8, 4) is 5.88 Å². The number of hydrogen-bond donors (Lipinski definition) is 1. The van der Waals surface area contributed by atoms with E-state index < -0.39 is 0 Å². The first-order valence-electron chi connectivity index (χ1n) is 6.06. The molecule has 1 aromatic heterocycles. The van der Waals surface area contributed by atoms with Crippen LogP contribution in [0.2, 0.25) is 0 Å². The molecular weight excluding hydrogens is 216 g/mol. The van der Waals surface area contributed by atoms with Gasteiger partial charge in [0.15, 0.2) is 0 Å². The van der Waals surface area contributed by atoms with Crippen molar-refractivity contribution in [2.75, 3.05) is 19.4 Å². The van der Waals surface area contributed by atoms with Crippen LogP contribution in [-0.2, 0) is 0 Å². The molecule has 1 unspecified atom stereocenters. The van der Waals surface area contributed by atoms with Crippen LogP contribution in [-0.4, -0.2) is 34.8 Å². The number of ether oxygens (including phenoxy) is 1. The monoisotopic (exact) mass is 236 g/mol. The molecule has 2 N–H and O–H groups in total. The predicted octanol–water partition coefficient (Wildman–Crippen LogP) is 1.61. The molecular formula is C12H20N4O. The predicted molar refractivity (Wildman–Crippen MR) is 66.8 cm³/mol. The van der Waals surface area contributed by atoms with Gasteiger partial charge >= 0.3 is 0 Å². The van der Waals surface area contributed by atoms with Crippen molar-refractivity contribution < 1.29 is 4.74 Å². The molecule has 1 aliphatic heterocycles. The van der Waals surface area contributed by atoms with Gasteiger partial charge in [-0.15, -0.1) is 5.10 Å². The van der Waals surface area contributed by atoms with Gasteiger partial charge in [-0.3, -0.25) is 4.90 Å². The average molecular weight is 236 g/mol. The summed E-state index contributed by atoms with van der Waals surface area (Å²) in [5, 5.41) is 8.24. The number of nitrogen functional groups attached to an aromatic ring is 1. The lowest BCUT2D eigenvalue weighted by molar-refractivity contribution is 0.201. The summed E-state index contributed by atoms with van der Waals surface area (Å²) >= 11 is 0. The van der Waals surface area contributed by atoms with Crippen LogP contribution < -0.4 is 10.5 Å². The number of likely N-dealkylation sites (tertiary alicyclic amines) is 1. The number of aromatic nitrogens is 2. The fourth-order valence-corrected chi connectivity index (χ4v) is 2.46. The van der Waals surface area contributed by atoms with Gasteiger partial charge in [0, 0.05) is 6.04 Å². The van der Waals surface area contributed by atoms with Crippen LogP contribution in [0.5, 0.6) is 5.88 Å². The Morgan fingerprint density at radius 2 is 2.24 bits per heavy atom. The van der Waals surface area contributed by atoms with E-state index in [1.54, 1.807) is 7.11 Å². The summed E-state index contributed by atoms with van der Waals surface area (Å²) in [7, 11) is 1.55. The third kappa shape index (κ3) is 2.34. The van der Waals surface area contributed by atoms with Crippen LogP contribution in [0.3, 0.4) is 0 Å². The summed E-state index contributed by atoms with van der Waals surface area (Å²) in [6.45, 7) is 5.53. The van der Waals surface area contributed by atoms with Crippen molar-refractivity contribution in [1.82, 2.24) is 15.1 Å². The minimum Gasteiger partial charge on any atom is -0.478 e. The maximum absolute atomic E-state index is 5.88. The van der Waals surface area contributed by atoms with E-state index in [4.69, 9.17) is 10.5 Å². The van der Waals surface area contributed by atoms with Crippen LogP contribution in [0.25, 0.3) is 0 Å². The maximum Gasteiger partial charge on any atom is 0.256 e. The topological polar surface area (TPSA) is 64.3 Å². The van der Waals surface area contributed by atoms with E-state index in [0.29, 0.717) is 23.7 Å². The molecule has 5 nitrogen and oxygen atoms in total. The highest BCUT2D eigenvalue weighted by atomic mass is 16.5. The summed E-state index contributed by atoms with van der Waals surface area (Å²) in [4.78, 5) is 2.44. The third-order valence-corrected chi connectivity index (χ3v) is 3.30. The van der Waals surface area contributed by atoms with Gasteiger partial charge in [0.2, 0.25) is 0 Å². The minimum absolute atomic E-state index is 0.343. The van der Waals surface area contributed by atoms with E-state index in [1.165, 1.54) is 6.42 Å². The molecule has 2 rings (SSSR count). The standard InChI is InChI=1S/C12H20N4O/c1-8(2)16-6-4-5-11(16)10-7-9(13)12(17-3)15-14-10/h7-8,11H,4-6H2,1-3H3,(H2,13,14). The number of methoxy groups -OCH3 is 1.